The van der Waals surface area contributed by atoms with E-state index in [-0.39, 0.29) is 5.91 Å². The Labute approximate surface area is 108 Å². The average Bonchev–Trinajstić information content (AvgIpc) is 2.36. The molecular weight excluding hydrogens is 230 g/mol. The largest absolute Gasteiger partial charge is 0.481 e. The maximum atomic E-state index is 11.6. The highest BCUT2D eigenvalue weighted by molar-refractivity contribution is 5.80. The van der Waals surface area contributed by atoms with Crippen molar-refractivity contribution in [3.8, 4) is 5.75 Å². The Hall–Kier alpha value is -1.55. The van der Waals surface area contributed by atoms with E-state index in [0.717, 1.165) is 12.0 Å². The first-order chi connectivity index (χ1) is 8.54. The van der Waals surface area contributed by atoms with Crippen LogP contribution in [-0.4, -0.2) is 23.7 Å². The van der Waals surface area contributed by atoms with E-state index in [1.807, 2.05) is 13.0 Å². The van der Waals surface area contributed by atoms with Gasteiger partial charge in [0.05, 0.1) is 6.10 Å². The number of nitrogens with one attached hydrogen (secondary N) is 1. The van der Waals surface area contributed by atoms with Crippen molar-refractivity contribution in [3.05, 3.63) is 29.8 Å². The van der Waals surface area contributed by atoms with Crippen LogP contribution >= 0.6 is 0 Å². The Morgan fingerprint density at radius 2 is 2.17 bits per heavy atom. The molecule has 0 aliphatic heterocycles. The van der Waals surface area contributed by atoms with E-state index in [0.29, 0.717) is 12.3 Å². The molecule has 2 atom stereocenters. The zero-order valence-electron chi connectivity index (χ0n) is 11.1. The summed E-state index contributed by atoms with van der Waals surface area (Å²) in [6.07, 6.45) is -0.186. The van der Waals surface area contributed by atoms with Gasteiger partial charge in [-0.2, -0.15) is 0 Å². The van der Waals surface area contributed by atoms with Crippen molar-refractivity contribution in [3.63, 3.8) is 0 Å². The molecule has 0 radical (unpaired) electrons. The molecule has 1 unspecified atom stereocenters. The van der Waals surface area contributed by atoms with E-state index in [1.165, 1.54) is 0 Å². The summed E-state index contributed by atoms with van der Waals surface area (Å²) < 4.78 is 5.54. The lowest BCUT2D eigenvalue weighted by molar-refractivity contribution is -0.127. The highest BCUT2D eigenvalue weighted by Gasteiger charge is 2.14. The smallest absolute Gasteiger partial charge is 0.260 e. The molecule has 18 heavy (non-hydrogen) atoms. The van der Waals surface area contributed by atoms with Crippen molar-refractivity contribution in [2.75, 3.05) is 6.54 Å². The molecule has 0 aromatic heterocycles. The maximum Gasteiger partial charge on any atom is 0.260 e. The quantitative estimate of drug-likeness (QED) is 0.813. The molecule has 0 saturated carbocycles. The molecule has 0 saturated heterocycles. The first kappa shape index (κ1) is 14.5. The molecule has 0 aliphatic rings. The number of carbonyl (C=O) groups excluding carboxylic acids is 1. The third-order valence-corrected chi connectivity index (χ3v) is 2.57. The number of aliphatic hydroxyl groups is 1. The van der Waals surface area contributed by atoms with Crippen molar-refractivity contribution in [2.45, 2.75) is 39.4 Å². The standard InChI is InChI=1S/C14H21NO3/c1-4-8-15-14(17)11(3)18-13-7-5-6-12(9-13)10(2)16/h5-7,9-11,16H,4,8H2,1-3H3,(H,15,17)/t10-,11?/m1/s1. The van der Waals surface area contributed by atoms with Gasteiger partial charge in [0, 0.05) is 6.54 Å². The van der Waals surface area contributed by atoms with Crippen LogP contribution in [0.5, 0.6) is 5.75 Å². The first-order valence-electron chi connectivity index (χ1n) is 6.27. The normalized spacial score (nSPS) is 13.8. The van der Waals surface area contributed by atoms with Gasteiger partial charge < -0.3 is 15.2 Å². The minimum atomic E-state index is -0.544. The van der Waals surface area contributed by atoms with Crippen LogP contribution < -0.4 is 10.1 Å². The van der Waals surface area contributed by atoms with Crippen molar-refractivity contribution in [2.24, 2.45) is 0 Å². The van der Waals surface area contributed by atoms with Crippen LogP contribution in [0.3, 0.4) is 0 Å². The van der Waals surface area contributed by atoms with Crippen molar-refractivity contribution >= 4 is 5.91 Å². The summed E-state index contributed by atoms with van der Waals surface area (Å²) >= 11 is 0. The molecule has 2 N–H and O–H groups in total. The molecule has 1 aromatic carbocycles. The molecule has 100 valence electrons. The van der Waals surface area contributed by atoms with Crippen molar-refractivity contribution in [1.29, 1.82) is 0 Å². The van der Waals surface area contributed by atoms with Crippen LogP contribution in [0, 0.1) is 0 Å². The third-order valence-electron chi connectivity index (χ3n) is 2.57. The number of rotatable bonds is 6. The van der Waals surface area contributed by atoms with E-state index in [9.17, 15) is 9.90 Å². The van der Waals surface area contributed by atoms with Gasteiger partial charge in [0.25, 0.3) is 5.91 Å². The molecule has 4 nitrogen and oxygen atoms in total. The van der Waals surface area contributed by atoms with Crippen LogP contribution in [0.25, 0.3) is 0 Å². The Morgan fingerprint density at radius 3 is 2.78 bits per heavy atom. The van der Waals surface area contributed by atoms with Gasteiger partial charge in [-0.1, -0.05) is 19.1 Å². The van der Waals surface area contributed by atoms with Crippen molar-refractivity contribution < 1.29 is 14.6 Å². The van der Waals surface area contributed by atoms with Crippen LogP contribution in [0.1, 0.15) is 38.9 Å². The second-order valence-electron chi connectivity index (χ2n) is 4.30. The lowest BCUT2D eigenvalue weighted by Gasteiger charge is -2.15. The number of aliphatic hydroxyl groups excluding tert-OH is 1. The molecule has 0 fully saturated rings. The zero-order chi connectivity index (χ0) is 13.5. The minimum Gasteiger partial charge on any atom is -0.481 e. The SMILES string of the molecule is CCCNC(=O)C(C)Oc1cccc([C@@H](C)O)c1. The van der Waals surface area contributed by atoms with Gasteiger partial charge >= 0.3 is 0 Å². The lowest BCUT2D eigenvalue weighted by atomic mass is 10.1. The number of carbonyl (C=O) groups is 1. The molecule has 1 aromatic rings. The maximum absolute atomic E-state index is 11.6. The van der Waals surface area contributed by atoms with E-state index >= 15 is 0 Å². The summed E-state index contributed by atoms with van der Waals surface area (Å²) in [7, 11) is 0. The molecule has 1 rings (SSSR count). The van der Waals surface area contributed by atoms with Gasteiger partial charge in [-0.25, -0.2) is 0 Å². The van der Waals surface area contributed by atoms with Crippen LogP contribution in [0.2, 0.25) is 0 Å². The zero-order valence-corrected chi connectivity index (χ0v) is 11.1. The highest BCUT2D eigenvalue weighted by Crippen LogP contribution is 2.19. The number of amides is 1. The van der Waals surface area contributed by atoms with Gasteiger partial charge in [-0.05, 0) is 38.0 Å². The van der Waals surface area contributed by atoms with E-state index in [2.05, 4.69) is 5.32 Å². The summed E-state index contributed by atoms with van der Waals surface area (Å²) in [6, 6.07) is 7.14. The number of hydrogen-bond acceptors (Lipinski definition) is 3. The predicted octanol–water partition coefficient (Wildman–Crippen LogP) is 2.03. The summed E-state index contributed by atoms with van der Waals surface area (Å²) in [5.74, 6) is 0.465. The average molecular weight is 251 g/mol. The van der Waals surface area contributed by atoms with Crippen LogP contribution in [-0.2, 0) is 4.79 Å². The van der Waals surface area contributed by atoms with Gasteiger partial charge in [0.2, 0.25) is 0 Å². The second kappa shape index (κ2) is 7.01. The van der Waals surface area contributed by atoms with E-state index in [4.69, 9.17) is 4.74 Å². The molecular formula is C14H21NO3. The fourth-order valence-electron chi connectivity index (χ4n) is 1.50. The Bertz CT molecular complexity index is 390. The van der Waals surface area contributed by atoms with Gasteiger partial charge in [0.1, 0.15) is 5.75 Å². The highest BCUT2D eigenvalue weighted by atomic mass is 16.5. The fraction of sp³-hybridized carbons (Fsp3) is 0.500. The predicted molar refractivity (Wildman–Crippen MR) is 70.5 cm³/mol. The number of benzene rings is 1. The third kappa shape index (κ3) is 4.37. The summed E-state index contributed by atoms with van der Waals surface area (Å²) in [5, 5.41) is 12.2. The number of hydrogen-bond donors (Lipinski definition) is 2. The lowest BCUT2D eigenvalue weighted by Crippen LogP contribution is -2.36. The summed E-state index contributed by atoms with van der Waals surface area (Å²) in [6.45, 7) is 6.05. The number of ether oxygens (including phenoxy) is 1. The molecule has 0 bridgehead atoms. The van der Waals surface area contributed by atoms with Crippen LogP contribution in [0.4, 0.5) is 0 Å². The molecule has 1 amide bonds. The summed E-state index contributed by atoms with van der Waals surface area (Å²) in [5.41, 5.74) is 0.772. The van der Waals surface area contributed by atoms with Gasteiger partial charge in [0.15, 0.2) is 6.10 Å². The Kier molecular flexibility index (Phi) is 5.65. The molecule has 4 heteroatoms. The molecule has 0 aliphatic carbocycles. The first-order valence-corrected chi connectivity index (χ1v) is 6.27. The summed E-state index contributed by atoms with van der Waals surface area (Å²) in [4.78, 5) is 11.6. The van der Waals surface area contributed by atoms with E-state index < -0.39 is 12.2 Å². The van der Waals surface area contributed by atoms with Crippen LogP contribution in [0.15, 0.2) is 24.3 Å². The monoisotopic (exact) mass is 251 g/mol. The van der Waals surface area contributed by atoms with E-state index in [1.54, 1.807) is 32.0 Å². The topological polar surface area (TPSA) is 58.6 Å². The molecule has 0 spiro atoms. The Morgan fingerprint density at radius 1 is 1.44 bits per heavy atom. The van der Waals surface area contributed by atoms with Gasteiger partial charge in [-0.3, -0.25) is 4.79 Å². The fourth-order valence-corrected chi connectivity index (χ4v) is 1.50. The minimum absolute atomic E-state index is 0.126. The second-order valence-corrected chi connectivity index (χ2v) is 4.30. The Balaban J connectivity index is 2.61. The van der Waals surface area contributed by atoms with Gasteiger partial charge in [-0.15, -0.1) is 0 Å². The molecule has 0 heterocycles. The van der Waals surface area contributed by atoms with Crippen molar-refractivity contribution in [1.82, 2.24) is 5.32 Å².